The molecule has 0 saturated carbocycles. The summed E-state index contributed by atoms with van der Waals surface area (Å²) < 4.78 is 0. The summed E-state index contributed by atoms with van der Waals surface area (Å²) in [5, 5.41) is 12.1. The number of hydrogen-bond donors (Lipinski definition) is 1. The molecule has 0 atom stereocenters. The van der Waals surface area contributed by atoms with Crippen LogP contribution in [0.15, 0.2) is 24.4 Å². The van der Waals surface area contributed by atoms with E-state index in [-0.39, 0.29) is 0 Å². The number of fused-ring (bicyclic) bond motifs is 1. The predicted octanol–water partition coefficient (Wildman–Crippen LogP) is 1.98. The maximum absolute atomic E-state index is 4.04. The molecule has 0 radical (unpaired) electrons. The van der Waals surface area contributed by atoms with Crippen molar-refractivity contribution >= 4 is 16.6 Å². The molecular weight excluding hydrogens is 162 g/mol. The van der Waals surface area contributed by atoms with E-state index in [0.717, 1.165) is 16.6 Å². The van der Waals surface area contributed by atoms with Gasteiger partial charge in [0.05, 0.1) is 11.7 Å². The van der Waals surface area contributed by atoms with E-state index >= 15 is 0 Å². The summed E-state index contributed by atoms with van der Waals surface area (Å²) in [7, 11) is 1.92. The summed E-state index contributed by atoms with van der Waals surface area (Å²) in [6.45, 7) is 2.06. The number of nitrogens with one attached hydrogen (secondary N) is 1. The monoisotopic (exact) mass is 173 g/mol. The highest BCUT2D eigenvalue weighted by molar-refractivity contribution is 5.83. The van der Waals surface area contributed by atoms with Crippen molar-refractivity contribution in [1.29, 1.82) is 0 Å². The Labute approximate surface area is 76.8 Å². The van der Waals surface area contributed by atoms with Crippen LogP contribution in [0.3, 0.4) is 0 Å². The van der Waals surface area contributed by atoms with E-state index in [1.165, 1.54) is 5.56 Å². The highest BCUT2D eigenvalue weighted by atomic mass is 15.1. The molecule has 3 heteroatoms. The molecule has 1 aromatic carbocycles. The second-order valence-corrected chi connectivity index (χ2v) is 3.01. The average molecular weight is 173 g/mol. The van der Waals surface area contributed by atoms with E-state index in [0.29, 0.717) is 0 Å². The summed E-state index contributed by atoms with van der Waals surface area (Å²) in [6.07, 6.45) is 1.71. The summed E-state index contributed by atoms with van der Waals surface area (Å²) in [4.78, 5) is 0. The van der Waals surface area contributed by atoms with Gasteiger partial charge >= 0.3 is 0 Å². The number of anilines is 1. The number of hydrogen-bond acceptors (Lipinski definition) is 3. The van der Waals surface area contributed by atoms with Gasteiger partial charge in [-0.1, -0.05) is 0 Å². The van der Waals surface area contributed by atoms with Gasteiger partial charge in [-0.3, -0.25) is 0 Å². The van der Waals surface area contributed by atoms with E-state index in [1.54, 1.807) is 6.20 Å². The maximum Gasteiger partial charge on any atom is 0.0933 e. The minimum atomic E-state index is 0.944. The molecule has 2 aromatic rings. The van der Waals surface area contributed by atoms with Crippen molar-refractivity contribution in [2.75, 3.05) is 12.4 Å². The van der Waals surface area contributed by atoms with Crippen molar-refractivity contribution in [3.8, 4) is 0 Å². The van der Waals surface area contributed by atoms with Crippen LogP contribution in [0.5, 0.6) is 0 Å². The van der Waals surface area contributed by atoms with E-state index in [4.69, 9.17) is 0 Å². The number of rotatable bonds is 1. The molecule has 0 aliphatic heterocycles. The van der Waals surface area contributed by atoms with E-state index < -0.39 is 0 Å². The first-order chi connectivity index (χ1) is 6.31. The smallest absolute Gasteiger partial charge is 0.0933 e. The Balaban J connectivity index is 2.74. The van der Waals surface area contributed by atoms with Crippen molar-refractivity contribution in [2.45, 2.75) is 6.92 Å². The van der Waals surface area contributed by atoms with Crippen LogP contribution in [-0.4, -0.2) is 17.2 Å². The average Bonchev–Trinajstić information content (AvgIpc) is 2.17. The highest BCUT2D eigenvalue weighted by Crippen LogP contribution is 2.20. The molecule has 3 nitrogen and oxygen atoms in total. The Hall–Kier alpha value is -1.64. The minimum Gasteiger partial charge on any atom is -0.388 e. The second kappa shape index (κ2) is 3.01. The Morgan fingerprint density at radius 3 is 2.92 bits per heavy atom. The Bertz CT molecular complexity index is 437. The highest BCUT2D eigenvalue weighted by Gasteiger charge is 1.99. The number of benzene rings is 1. The fraction of sp³-hybridized carbons (Fsp3) is 0.200. The molecule has 13 heavy (non-hydrogen) atoms. The summed E-state index contributed by atoms with van der Waals surface area (Å²) >= 11 is 0. The number of aromatic nitrogens is 2. The van der Waals surface area contributed by atoms with Crippen molar-refractivity contribution < 1.29 is 0 Å². The largest absolute Gasteiger partial charge is 0.388 e. The second-order valence-electron chi connectivity index (χ2n) is 3.01. The predicted molar refractivity (Wildman–Crippen MR) is 53.8 cm³/mol. The van der Waals surface area contributed by atoms with Crippen molar-refractivity contribution in [1.82, 2.24) is 10.2 Å². The van der Waals surface area contributed by atoms with Crippen LogP contribution in [-0.2, 0) is 0 Å². The third-order valence-electron chi connectivity index (χ3n) is 2.13. The SMILES string of the molecule is CNc1cc2ccnnc2cc1C. The standard InChI is InChI=1S/C10H11N3/c1-7-5-10-8(3-4-12-13-10)6-9(7)11-2/h3-6,11H,1-2H3. The Morgan fingerprint density at radius 2 is 2.15 bits per heavy atom. The Morgan fingerprint density at radius 1 is 1.31 bits per heavy atom. The lowest BCUT2D eigenvalue weighted by atomic mass is 10.1. The lowest BCUT2D eigenvalue weighted by Gasteiger charge is -2.05. The zero-order chi connectivity index (χ0) is 9.26. The first-order valence-electron chi connectivity index (χ1n) is 4.21. The van der Waals surface area contributed by atoms with Gasteiger partial charge in [-0.25, -0.2) is 0 Å². The molecule has 0 unspecified atom stereocenters. The molecule has 1 aromatic heterocycles. The van der Waals surface area contributed by atoms with Gasteiger partial charge in [0.1, 0.15) is 0 Å². The molecule has 1 heterocycles. The van der Waals surface area contributed by atoms with Crippen molar-refractivity contribution in [3.05, 3.63) is 30.0 Å². The molecule has 0 fully saturated rings. The lowest BCUT2D eigenvalue weighted by Crippen LogP contribution is -1.92. The van der Waals surface area contributed by atoms with E-state index in [9.17, 15) is 0 Å². The van der Waals surface area contributed by atoms with Gasteiger partial charge in [-0.15, -0.1) is 0 Å². The molecule has 0 aliphatic carbocycles. The lowest BCUT2D eigenvalue weighted by molar-refractivity contribution is 1.07. The minimum absolute atomic E-state index is 0.944. The third-order valence-corrected chi connectivity index (χ3v) is 2.13. The molecule has 2 rings (SSSR count). The topological polar surface area (TPSA) is 37.8 Å². The zero-order valence-electron chi connectivity index (χ0n) is 7.70. The van der Waals surface area contributed by atoms with Gasteiger partial charge in [0.15, 0.2) is 0 Å². The van der Waals surface area contributed by atoms with Gasteiger partial charge < -0.3 is 5.32 Å². The molecule has 0 amide bonds. The van der Waals surface area contributed by atoms with Gasteiger partial charge in [0.25, 0.3) is 0 Å². The van der Waals surface area contributed by atoms with Crippen LogP contribution in [0.2, 0.25) is 0 Å². The first-order valence-corrected chi connectivity index (χ1v) is 4.21. The zero-order valence-corrected chi connectivity index (χ0v) is 7.70. The Kier molecular flexibility index (Phi) is 1.85. The molecule has 1 N–H and O–H groups in total. The van der Waals surface area contributed by atoms with E-state index in [2.05, 4.69) is 28.5 Å². The normalized spacial score (nSPS) is 10.3. The maximum atomic E-state index is 4.04. The third kappa shape index (κ3) is 1.33. The molecule has 0 saturated heterocycles. The van der Waals surface area contributed by atoms with Crippen molar-refractivity contribution in [3.63, 3.8) is 0 Å². The molecule has 0 bridgehead atoms. The van der Waals surface area contributed by atoms with Crippen LogP contribution in [0, 0.1) is 6.92 Å². The molecule has 66 valence electrons. The molecule has 0 spiro atoms. The van der Waals surface area contributed by atoms with Crippen LogP contribution in [0.1, 0.15) is 5.56 Å². The van der Waals surface area contributed by atoms with Gasteiger partial charge in [-0.2, -0.15) is 10.2 Å². The van der Waals surface area contributed by atoms with Crippen LogP contribution in [0.25, 0.3) is 10.9 Å². The van der Waals surface area contributed by atoms with Gasteiger partial charge in [0, 0.05) is 18.1 Å². The van der Waals surface area contributed by atoms with Crippen molar-refractivity contribution in [2.24, 2.45) is 0 Å². The summed E-state index contributed by atoms with van der Waals surface area (Å²) in [5.74, 6) is 0. The van der Waals surface area contributed by atoms with Crippen LogP contribution < -0.4 is 5.32 Å². The van der Waals surface area contributed by atoms with Crippen LogP contribution in [0.4, 0.5) is 5.69 Å². The van der Waals surface area contributed by atoms with Gasteiger partial charge in [0.2, 0.25) is 0 Å². The fourth-order valence-electron chi connectivity index (χ4n) is 1.41. The van der Waals surface area contributed by atoms with Crippen LogP contribution >= 0.6 is 0 Å². The number of aryl methyl sites for hydroxylation is 1. The molecule has 0 aliphatic rings. The van der Waals surface area contributed by atoms with E-state index in [1.807, 2.05) is 19.2 Å². The number of nitrogens with zero attached hydrogens (tertiary/aromatic N) is 2. The quantitative estimate of drug-likeness (QED) is 0.716. The molecular formula is C10H11N3. The first kappa shape index (κ1) is 7.98. The summed E-state index contributed by atoms with van der Waals surface area (Å²) in [5.41, 5.74) is 3.27. The van der Waals surface area contributed by atoms with Gasteiger partial charge in [-0.05, 0) is 30.7 Å². The summed E-state index contributed by atoms with van der Waals surface area (Å²) in [6, 6.07) is 6.08. The fourth-order valence-corrected chi connectivity index (χ4v) is 1.41.